The van der Waals surface area contributed by atoms with Crippen LogP contribution in [0.25, 0.3) is 0 Å². The highest BCUT2D eigenvalue weighted by atomic mass is 16.5. The summed E-state index contributed by atoms with van der Waals surface area (Å²) in [5.74, 6) is 0.788. The number of ether oxygens (including phenoxy) is 3. The Morgan fingerprint density at radius 2 is 1.62 bits per heavy atom. The van der Waals surface area contributed by atoms with Gasteiger partial charge in [-0.3, -0.25) is 9.59 Å². The SMILES string of the molecule is COCCOCC(=O)N1CCCN(C(=O)CCOc2ccccc2)CC1. The van der Waals surface area contributed by atoms with E-state index in [2.05, 4.69) is 0 Å². The second-order valence-electron chi connectivity index (χ2n) is 6.07. The van der Waals surface area contributed by atoms with E-state index in [0.717, 1.165) is 12.2 Å². The maximum atomic E-state index is 12.4. The van der Waals surface area contributed by atoms with Crippen molar-refractivity contribution in [2.24, 2.45) is 0 Å². The Hall–Kier alpha value is -2.12. The van der Waals surface area contributed by atoms with E-state index in [4.69, 9.17) is 14.2 Å². The van der Waals surface area contributed by atoms with Gasteiger partial charge in [0.2, 0.25) is 11.8 Å². The van der Waals surface area contributed by atoms with Crippen molar-refractivity contribution >= 4 is 11.8 Å². The van der Waals surface area contributed by atoms with Crippen molar-refractivity contribution in [2.45, 2.75) is 12.8 Å². The number of amides is 2. The van der Waals surface area contributed by atoms with Crippen molar-refractivity contribution < 1.29 is 23.8 Å². The molecule has 2 amide bonds. The largest absolute Gasteiger partial charge is 0.493 e. The van der Waals surface area contributed by atoms with Crippen LogP contribution in [0.4, 0.5) is 0 Å². The number of benzene rings is 1. The fourth-order valence-corrected chi connectivity index (χ4v) is 2.74. The number of para-hydroxylation sites is 1. The van der Waals surface area contributed by atoms with Crippen molar-refractivity contribution in [3.63, 3.8) is 0 Å². The summed E-state index contributed by atoms with van der Waals surface area (Å²) in [6.07, 6.45) is 1.11. The predicted molar refractivity (Wildman–Crippen MR) is 97.0 cm³/mol. The van der Waals surface area contributed by atoms with Gasteiger partial charge in [0.15, 0.2) is 0 Å². The Kier molecular flexibility index (Phi) is 8.92. The monoisotopic (exact) mass is 364 g/mol. The first-order chi connectivity index (χ1) is 12.7. The summed E-state index contributed by atoms with van der Waals surface area (Å²) in [6.45, 7) is 3.70. The van der Waals surface area contributed by atoms with E-state index in [1.807, 2.05) is 35.2 Å². The molecule has 0 unspecified atom stereocenters. The molecule has 0 bridgehead atoms. The number of carbonyl (C=O) groups is 2. The van der Waals surface area contributed by atoms with E-state index in [1.54, 1.807) is 12.0 Å². The van der Waals surface area contributed by atoms with Crippen LogP contribution >= 0.6 is 0 Å². The lowest BCUT2D eigenvalue weighted by Gasteiger charge is -2.22. The summed E-state index contributed by atoms with van der Waals surface area (Å²) in [7, 11) is 1.59. The fourth-order valence-electron chi connectivity index (χ4n) is 2.74. The molecular formula is C19H28N2O5. The van der Waals surface area contributed by atoms with Gasteiger partial charge in [0.05, 0.1) is 26.2 Å². The zero-order chi connectivity index (χ0) is 18.6. The first kappa shape index (κ1) is 20.2. The highest BCUT2D eigenvalue weighted by Crippen LogP contribution is 2.10. The zero-order valence-corrected chi connectivity index (χ0v) is 15.4. The fraction of sp³-hybridized carbons (Fsp3) is 0.579. The third-order valence-electron chi connectivity index (χ3n) is 4.19. The molecule has 1 heterocycles. The molecule has 7 heteroatoms. The summed E-state index contributed by atoms with van der Waals surface area (Å²) in [4.78, 5) is 28.1. The van der Waals surface area contributed by atoms with Crippen LogP contribution in [0.1, 0.15) is 12.8 Å². The number of rotatable bonds is 9. The van der Waals surface area contributed by atoms with E-state index in [9.17, 15) is 9.59 Å². The summed E-state index contributed by atoms with van der Waals surface area (Å²) >= 11 is 0. The Balaban J connectivity index is 1.68. The van der Waals surface area contributed by atoms with Crippen LogP contribution in [-0.4, -0.2) is 81.3 Å². The van der Waals surface area contributed by atoms with Gasteiger partial charge < -0.3 is 24.0 Å². The second kappa shape index (κ2) is 11.5. The molecule has 0 saturated carbocycles. The van der Waals surface area contributed by atoms with Crippen molar-refractivity contribution in [1.29, 1.82) is 0 Å². The van der Waals surface area contributed by atoms with Gasteiger partial charge in [-0.25, -0.2) is 0 Å². The quantitative estimate of drug-likeness (QED) is 0.616. The molecular weight excluding hydrogens is 336 g/mol. The third kappa shape index (κ3) is 7.01. The van der Waals surface area contributed by atoms with Crippen LogP contribution in [0.5, 0.6) is 5.75 Å². The van der Waals surface area contributed by atoms with Crippen molar-refractivity contribution in [2.75, 3.05) is 59.7 Å². The molecule has 0 aromatic heterocycles. The summed E-state index contributed by atoms with van der Waals surface area (Å²) in [6, 6.07) is 9.46. The molecule has 1 fully saturated rings. The lowest BCUT2D eigenvalue weighted by atomic mass is 10.3. The molecule has 1 aliphatic heterocycles. The van der Waals surface area contributed by atoms with E-state index in [-0.39, 0.29) is 18.4 Å². The molecule has 1 aliphatic rings. The number of hydrogen-bond acceptors (Lipinski definition) is 5. The summed E-state index contributed by atoms with van der Waals surface area (Å²) in [5.41, 5.74) is 0. The normalized spacial score (nSPS) is 14.8. The Labute approximate surface area is 154 Å². The maximum Gasteiger partial charge on any atom is 0.248 e. The minimum absolute atomic E-state index is 0.0391. The van der Waals surface area contributed by atoms with Crippen molar-refractivity contribution in [1.82, 2.24) is 9.80 Å². The maximum absolute atomic E-state index is 12.4. The average Bonchev–Trinajstić information content (AvgIpc) is 2.92. The molecule has 144 valence electrons. The van der Waals surface area contributed by atoms with E-state index >= 15 is 0 Å². The number of carbonyl (C=O) groups excluding carboxylic acids is 2. The minimum Gasteiger partial charge on any atom is -0.493 e. The first-order valence-corrected chi connectivity index (χ1v) is 9.01. The van der Waals surface area contributed by atoms with E-state index < -0.39 is 0 Å². The number of hydrogen-bond donors (Lipinski definition) is 0. The van der Waals surface area contributed by atoms with Gasteiger partial charge in [-0.15, -0.1) is 0 Å². The van der Waals surface area contributed by atoms with Gasteiger partial charge in [0.1, 0.15) is 12.4 Å². The van der Waals surface area contributed by atoms with Crippen LogP contribution in [0, 0.1) is 0 Å². The van der Waals surface area contributed by atoms with Gasteiger partial charge in [-0.05, 0) is 18.6 Å². The van der Waals surface area contributed by atoms with Gasteiger partial charge in [0, 0.05) is 33.3 Å². The average molecular weight is 364 g/mol. The lowest BCUT2D eigenvalue weighted by Crippen LogP contribution is -2.39. The molecule has 0 spiro atoms. The second-order valence-corrected chi connectivity index (χ2v) is 6.07. The molecule has 0 aliphatic carbocycles. The number of nitrogens with zero attached hydrogens (tertiary/aromatic N) is 2. The van der Waals surface area contributed by atoms with Gasteiger partial charge >= 0.3 is 0 Å². The molecule has 26 heavy (non-hydrogen) atoms. The van der Waals surface area contributed by atoms with Crippen LogP contribution in [0.15, 0.2) is 30.3 Å². The number of methoxy groups -OCH3 is 1. The lowest BCUT2D eigenvalue weighted by molar-refractivity contribution is -0.137. The summed E-state index contributed by atoms with van der Waals surface area (Å²) < 4.78 is 15.8. The Morgan fingerprint density at radius 3 is 2.31 bits per heavy atom. The summed E-state index contributed by atoms with van der Waals surface area (Å²) in [5, 5.41) is 0. The molecule has 1 saturated heterocycles. The predicted octanol–water partition coefficient (Wildman–Crippen LogP) is 1.18. The minimum atomic E-state index is -0.0391. The van der Waals surface area contributed by atoms with Gasteiger partial charge in [-0.2, -0.15) is 0 Å². The van der Waals surface area contributed by atoms with E-state index in [1.165, 1.54) is 0 Å². The first-order valence-electron chi connectivity index (χ1n) is 9.01. The third-order valence-corrected chi connectivity index (χ3v) is 4.19. The van der Waals surface area contributed by atoms with Crippen LogP contribution in [0.2, 0.25) is 0 Å². The molecule has 1 aromatic carbocycles. The van der Waals surface area contributed by atoms with Crippen LogP contribution < -0.4 is 4.74 Å². The van der Waals surface area contributed by atoms with Gasteiger partial charge in [-0.1, -0.05) is 18.2 Å². The van der Waals surface area contributed by atoms with E-state index in [0.29, 0.717) is 52.4 Å². The molecule has 1 aromatic rings. The molecule has 0 N–H and O–H groups in total. The van der Waals surface area contributed by atoms with Crippen molar-refractivity contribution in [3.8, 4) is 5.75 Å². The molecule has 0 atom stereocenters. The zero-order valence-electron chi connectivity index (χ0n) is 15.4. The van der Waals surface area contributed by atoms with Crippen LogP contribution in [0.3, 0.4) is 0 Å². The molecule has 7 nitrogen and oxygen atoms in total. The molecule has 2 rings (SSSR count). The molecule has 0 radical (unpaired) electrons. The van der Waals surface area contributed by atoms with Gasteiger partial charge in [0.25, 0.3) is 0 Å². The highest BCUT2D eigenvalue weighted by molar-refractivity contribution is 5.78. The van der Waals surface area contributed by atoms with Crippen molar-refractivity contribution in [3.05, 3.63) is 30.3 Å². The topological polar surface area (TPSA) is 68.3 Å². The Bertz CT molecular complexity index is 552. The Morgan fingerprint density at radius 1 is 0.923 bits per heavy atom. The standard InChI is InChI=1S/C19H28N2O5/c1-24-14-15-25-16-19(23)21-10-5-9-20(11-12-21)18(22)8-13-26-17-6-3-2-4-7-17/h2-4,6-7H,5,8-16H2,1H3. The van der Waals surface area contributed by atoms with Crippen LogP contribution in [-0.2, 0) is 19.1 Å². The highest BCUT2D eigenvalue weighted by Gasteiger charge is 2.21. The smallest absolute Gasteiger partial charge is 0.248 e.